The zero-order chi connectivity index (χ0) is 22.8. The summed E-state index contributed by atoms with van der Waals surface area (Å²) in [7, 11) is 0. The highest BCUT2D eigenvalue weighted by molar-refractivity contribution is 6.21. The third-order valence-electron chi connectivity index (χ3n) is 5.15. The Kier molecular flexibility index (Phi) is 6.24. The molecule has 1 heterocycles. The number of hydrogen-bond acceptors (Lipinski definition) is 5. The average Bonchev–Trinajstić information content (AvgIpc) is 2.98. The summed E-state index contributed by atoms with van der Waals surface area (Å²) in [6.45, 7) is 7.58. The normalized spacial score (nSPS) is 14.3. The van der Waals surface area contributed by atoms with E-state index in [-0.39, 0.29) is 24.5 Å². The Morgan fingerprint density at radius 1 is 0.968 bits per heavy atom. The van der Waals surface area contributed by atoms with Crippen LogP contribution >= 0.6 is 0 Å². The van der Waals surface area contributed by atoms with Crippen molar-refractivity contribution in [3.05, 3.63) is 70.8 Å². The van der Waals surface area contributed by atoms with Crippen molar-refractivity contribution in [2.24, 2.45) is 0 Å². The van der Waals surface area contributed by atoms with Crippen molar-refractivity contribution < 1.29 is 23.9 Å². The molecule has 162 valence electrons. The van der Waals surface area contributed by atoms with Crippen molar-refractivity contribution in [2.45, 2.75) is 39.2 Å². The van der Waals surface area contributed by atoms with Gasteiger partial charge in [-0.1, -0.05) is 45.0 Å². The van der Waals surface area contributed by atoms with Crippen molar-refractivity contribution in [1.29, 1.82) is 0 Å². The van der Waals surface area contributed by atoms with E-state index in [2.05, 4.69) is 26.1 Å². The van der Waals surface area contributed by atoms with E-state index in [0.717, 1.165) is 10.5 Å². The number of fused-ring (bicyclic) bond motifs is 1. The molecule has 1 N–H and O–H groups in total. The Morgan fingerprint density at radius 3 is 2.03 bits per heavy atom. The molecule has 3 amide bonds. The summed E-state index contributed by atoms with van der Waals surface area (Å²) in [5, 5.41) is 2.60. The standard InChI is InChI=1S/C24H26N2O5/c1-15(25-20(27)16-9-11-17(12-10-16)24(2,3)4)23(30)31-14-13-26-21(28)18-7-5-6-8-19(18)22(26)29/h5-12,15H,13-14H2,1-4H3,(H,25,27)/t15-/m0/s1. The minimum absolute atomic E-state index is 0.0222. The van der Waals surface area contributed by atoms with Gasteiger partial charge in [0.05, 0.1) is 17.7 Å². The molecule has 2 aromatic rings. The number of hydrogen-bond donors (Lipinski definition) is 1. The molecular formula is C24H26N2O5. The van der Waals surface area contributed by atoms with E-state index < -0.39 is 23.8 Å². The summed E-state index contributed by atoms with van der Waals surface area (Å²) in [6.07, 6.45) is 0. The maximum Gasteiger partial charge on any atom is 0.328 e. The Hall–Kier alpha value is -3.48. The first kappa shape index (κ1) is 22.2. The molecule has 1 aliphatic rings. The lowest BCUT2D eigenvalue weighted by atomic mass is 9.86. The van der Waals surface area contributed by atoms with E-state index in [0.29, 0.717) is 16.7 Å². The highest BCUT2D eigenvalue weighted by Crippen LogP contribution is 2.23. The molecule has 0 aliphatic carbocycles. The van der Waals surface area contributed by atoms with Crippen LogP contribution in [0.3, 0.4) is 0 Å². The van der Waals surface area contributed by atoms with E-state index in [1.807, 2.05) is 12.1 Å². The molecule has 31 heavy (non-hydrogen) atoms. The zero-order valence-electron chi connectivity index (χ0n) is 18.1. The predicted molar refractivity (Wildman–Crippen MR) is 115 cm³/mol. The highest BCUT2D eigenvalue weighted by atomic mass is 16.5. The van der Waals surface area contributed by atoms with Gasteiger partial charge in [0.15, 0.2) is 0 Å². The number of nitrogens with one attached hydrogen (secondary N) is 1. The second-order valence-corrected chi connectivity index (χ2v) is 8.50. The third kappa shape index (κ3) is 4.82. The molecule has 0 unspecified atom stereocenters. The number of amides is 3. The second kappa shape index (κ2) is 8.71. The van der Waals surface area contributed by atoms with Crippen LogP contribution in [-0.2, 0) is 14.9 Å². The Morgan fingerprint density at radius 2 is 1.52 bits per heavy atom. The number of carbonyl (C=O) groups excluding carboxylic acids is 4. The first-order valence-electron chi connectivity index (χ1n) is 10.1. The SMILES string of the molecule is C[C@H](NC(=O)c1ccc(C(C)(C)C)cc1)C(=O)OCCN1C(=O)c2ccccc2C1=O. The van der Waals surface area contributed by atoms with Crippen LogP contribution < -0.4 is 5.32 Å². The second-order valence-electron chi connectivity index (χ2n) is 8.50. The van der Waals surface area contributed by atoms with Gasteiger partial charge < -0.3 is 10.1 Å². The van der Waals surface area contributed by atoms with Gasteiger partial charge in [0.2, 0.25) is 0 Å². The van der Waals surface area contributed by atoms with Crippen molar-refractivity contribution in [3.63, 3.8) is 0 Å². The topological polar surface area (TPSA) is 92.8 Å². The molecule has 0 aromatic heterocycles. The largest absolute Gasteiger partial charge is 0.462 e. The van der Waals surface area contributed by atoms with E-state index >= 15 is 0 Å². The van der Waals surface area contributed by atoms with Crippen LogP contribution in [0.15, 0.2) is 48.5 Å². The van der Waals surface area contributed by atoms with E-state index in [9.17, 15) is 19.2 Å². The number of imide groups is 1. The molecule has 3 rings (SSSR count). The molecule has 7 nitrogen and oxygen atoms in total. The lowest BCUT2D eigenvalue weighted by Gasteiger charge is -2.19. The quantitative estimate of drug-likeness (QED) is 0.571. The Labute approximate surface area is 181 Å². The number of esters is 1. The summed E-state index contributed by atoms with van der Waals surface area (Å²) in [6, 6.07) is 12.9. The van der Waals surface area contributed by atoms with Crippen molar-refractivity contribution >= 4 is 23.7 Å². The van der Waals surface area contributed by atoms with Crippen LogP contribution in [0.25, 0.3) is 0 Å². The predicted octanol–water partition coefficient (Wildman–Crippen LogP) is 2.94. The fraction of sp³-hybridized carbons (Fsp3) is 0.333. The molecular weight excluding hydrogens is 396 g/mol. The van der Waals surface area contributed by atoms with Crippen molar-refractivity contribution in [1.82, 2.24) is 10.2 Å². The number of carbonyl (C=O) groups is 4. The number of rotatable bonds is 6. The smallest absolute Gasteiger partial charge is 0.328 e. The maximum absolute atomic E-state index is 12.4. The molecule has 2 aromatic carbocycles. The summed E-state index contributed by atoms with van der Waals surface area (Å²) < 4.78 is 5.16. The van der Waals surface area contributed by atoms with Crippen molar-refractivity contribution in [2.75, 3.05) is 13.2 Å². The summed E-state index contributed by atoms with van der Waals surface area (Å²) in [4.78, 5) is 50.3. The molecule has 0 spiro atoms. The lowest BCUT2D eigenvalue weighted by Crippen LogP contribution is -2.41. The van der Waals surface area contributed by atoms with Gasteiger partial charge in [0.25, 0.3) is 17.7 Å². The van der Waals surface area contributed by atoms with Crippen LogP contribution in [0.2, 0.25) is 0 Å². The van der Waals surface area contributed by atoms with Gasteiger partial charge in [-0.3, -0.25) is 19.3 Å². The molecule has 1 atom stereocenters. The van der Waals surface area contributed by atoms with Gasteiger partial charge in [0, 0.05) is 5.56 Å². The monoisotopic (exact) mass is 422 g/mol. The van der Waals surface area contributed by atoms with Crippen LogP contribution in [0, 0.1) is 0 Å². The maximum atomic E-state index is 12.4. The number of nitrogens with zero attached hydrogens (tertiary/aromatic N) is 1. The summed E-state index contributed by atoms with van der Waals surface area (Å²) in [5.41, 5.74) is 2.21. The van der Waals surface area contributed by atoms with Gasteiger partial charge >= 0.3 is 5.97 Å². The summed E-state index contributed by atoms with van der Waals surface area (Å²) >= 11 is 0. The lowest BCUT2D eigenvalue weighted by molar-refractivity contribution is -0.145. The Balaban J connectivity index is 1.49. The number of benzene rings is 2. The molecule has 0 bridgehead atoms. The van der Waals surface area contributed by atoms with E-state index in [1.165, 1.54) is 6.92 Å². The van der Waals surface area contributed by atoms with Gasteiger partial charge in [0.1, 0.15) is 12.6 Å². The molecule has 1 aliphatic heterocycles. The molecule has 7 heteroatoms. The van der Waals surface area contributed by atoms with Gasteiger partial charge in [-0.15, -0.1) is 0 Å². The zero-order valence-corrected chi connectivity index (χ0v) is 18.1. The van der Waals surface area contributed by atoms with Gasteiger partial charge in [-0.2, -0.15) is 0 Å². The van der Waals surface area contributed by atoms with Crippen LogP contribution in [0.5, 0.6) is 0 Å². The summed E-state index contributed by atoms with van der Waals surface area (Å²) in [5.74, 6) is -1.84. The molecule has 0 fully saturated rings. The van der Waals surface area contributed by atoms with Gasteiger partial charge in [-0.05, 0) is 42.2 Å². The number of ether oxygens (including phenoxy) is 1. The molecule has 0 saturated heterocycles. The van der Waals surface area contributed by atoms with E-state index in [1.54, 1.807) is 36.4 Å². The minimum Gasteiger partial charge on any atom is -0.462 e. The van der Waals surface area contributed by atoms with Crippen molar-refractivity contribution in [3.8, 4) is 0 Å². The van der Waals surface area contributed by atoms with Crippen LogP contribution in [0.4, 0.5) is 0 Å². The highest BCUT2D eigenvalue weighted by Gasteiger charge is 2.35. The molecule has 0 radical (unpaired) electrons. The van der Waals surface area contributed by atoms with Gasteiger partial charge in [-0.25, -0.2) is 4.79 Å². The minimum atomic E-state index is -0.878. The molecule has 0 saturated carbocycles. The van der Waals surface area contributed by atoms with Crippen LogP contribution in [-0.4, -0.2) is 47.8 Å². The Bertz CT molecular complexity index is 986. The first-order valence-corrected chi connectivity index (χ1v) is 10.1. The fourth-order valence-corrected chi connectivity index (χ4v) is 3.27. The third-order valence-corrected chi connectivity index (χ3v) is 5.15. The van der Waals surface area contributed by atoms with E-state index in [4.69, 9.17) is 4.74 Å². The first-order chi connectivity index (χ1) is 14.6. The van der Waals surface area contributed by atoms with Crippen LogP contribution in [0.1, 0.15) is 64.3 Å². The average molecular weight is 422 g/mol. The fourth-order valence-electron chi connectivity index (χ4n) is 3.27.